The zero-order valence-corrected chi connectivity index (χ0v) is 17.2. The monoisotopic (exact) mass is 424 g/mol. The number of esters is 2. The van der Waals surface area contributed by atoms with Crippen LogP contribution >= 0.6 is 22.9 Å². The van der Waals surface area contributed by atoms with Gasteiger partial charge in [0.15, 0.2) is 17.2 Å². The average Bonchev–Trinajstić information content (AvgIpc) is 3.12. The third-order valence-corrected chi connectivity index (χ3v) is 5.44. The number of benzene rings is 1. The highest BCUT2D eigenvalue weighted by atomic mass is 35.5. The Hall–Kier alpha value is -2.16. The van der Waals surface area contributed by atoms with Crippen molar-refractivity contribution in [1.29, 1.82) is 0 Å². The van der Waals surface area contributed by atoms with Crippen molar-refractivity contribution in [2.45, 2.75) is 18.9 Å². The highest BCUT2D eigenvalue weighted by molar-refractivity contribution is 7.13. The van der Waals surface area contributed by atoms with Crippen molar-refractivity contribution in [1.82, 2.24) is 9.88 Å². The average molecular weight is 425 g/mol. The van der Waals surface area contributed by atoms with E-state index in [4.69, 9.17) is 21.1 Å². The minimum Gasteiger partial charge on any atom is -0.482 e. The van der Waals surface area contributed by atoms with Crippen LogP contribution < -0.4 is 4.74 Å². The number of hydrogen-bond donors (Lipinski definition) is 0. The molecule has 0 amide bonds. The first-order valence-corrected chi connectivity index (χ1v) is 10.0. The Bertz CT molecular complexity index is 826. The van der Waals surface area contributed by atoms with Crippen LogP contribution in [0.5, 0.6) is 5.75 Å². The number of nitrogens with zero attached hydrogens (tertiary/aromatic N) is 2. The lowest BCUT2D eigenvalue weighted by atomic mass is 10.00. The van der Waals surface area contributed by atoms with Crippen LogP contribution in [0.4, 0.5) is 0 Å². The number of carbonyl (C=O) groups excluding carboxylic acids is 2. The molecule has 3 rings (SSSR count). The van der Waals surface area contributed by atoms with Gasteiger partial charge in [-0.15, -0.1) is 11.3 Å². The third-order valence-electron chi connectivity index (χ3n) is 4.44. The Labute approximate surface area is 172 Å². The van der Waals surface area contributed by atoms with Gasteiger partial charge in [-0.05, 0) is 23.6 Å². The van der Waals surface area contributed by atoms with Gasteiger partial charge in [0, 0.05) is 18.5 Å². The maximum absolute atomic E-state index is 12.0. The second kappa shape index (κ2) is 9.36. The summed E-state index contributed by atoms with van der Waals surface area (Å²) in [5.41, 5.74) is 1.80. The molecule has 2 heterocycles. The Morgan fingerprint density at radius 3 is 2.82 bits per heavy atom. The summed E-state index contributed by atoms with van der Waals surface area (Å²) in [5.74, 6) is 0.105. The van der Waals surface area contributed by atoms with Gasteiger partial charge in [0.1, 0.15) is 5.75 Å². The van der Waals surface area contributed by atoms with Crippen LogP contribution in [0.1, 0.15) is 30.2 Å². The van der Waals surface area contributed by atoms with Crippen LogP contribution in [-0.2, 0) is 19.1 Å². The number of ether oxygens (including phenoxy) is 3. The van der Waals surface area contributed by atoms with Crippen molar-refractivity contribution >= 4 is 34.9 Å². The normalized spacial score (nSPS) is 18.4. The van der Waals surface area contributed by atoms with E-state index in [-0.39, 0.29) is 25.0 Å². The quantitative estimate of drug-likeness (QED) is 0.632. The number of thiazole rings is 1. The van der Waals surface area contributed by atoms with Crippen molar-refractivity contribution in [3.63, 3.8) is 0 Å². The van der Waals surface area contributed by atoms with E-state index in [9.17, 15) is 9.59 Å². The first kappa shape index (κ1) is 20.6. The number of rotatable bonds is 7. The highest BCUT2D eigenvalue weighted by Crippen LogP contribution is 2.28. The first-order valence-electron chi connectivity index (χ1n) is 8.77. The van der Waals surface area contributed by atoms with Crippen molar-refractivity contribution < 1.29 is 23.8 Å². The van der Waals surface area contributed by atoms with Gasteiger partial charge in [0.2, 0.25) is 0 Å². The topological polar surface area (TPSA) is 78.0 Å². The van der Waals surface area contributed by atoms with E-state index in [0.717, 1.165) is 5.56 Å². The molecule has 1 saturated heterocycles. The molecule has 0 bridgehead atoms. The number of hydrogen-bond acceptors (Lipinski definition) is 8. The fraction of sp³-hybridized carbons (Fsp3) is 0.421. The number of carbonyl (C=O) groups is 2. The Kier molecular flexibility index (Phi) is 6.88. The fourth-order valence-electron chi connectivity index (χ4n) is 3.01. The Morgan fingerprint density at radius 1 is 1.43 bits per heavy atom. The van der Waals surface area contributed by atoms with Crippen LogP contribution in [-0.4, -0.2) is 55.2 Å². The van der Waals surface area contributed by atoms with E-state index >= 15 is 0 Å². The molecule has 9 heteroatoms. The zero-order valence-electron chi connectivity index (χ0n) is 15.6. The summed E-state index contributed by atoms with van der Waals surface area (Å²) >= 11 is 7.22. The Morgan fingerprint density at radius 2 is 2.18 bits per heavy atom. The van der Waals surface area contributed by atoms with Gasteiger partial charge in [0.05, 0.1) is 19.3 Å². The molecule has 0 saturated carbocycles. The second-order valence-electron chi connectivity index (χ2n) is 6.53. The number of aromatic nitrogens is 1. The minimum absolute atomic E-state index is 0.122. The lowest BCUT2D eigenvalue weighted by molar-refractivity contribution is -0.159. The van der Waals surface area contributed by atoms with Gasteiger partial charge < -0.3 is 14.2 Å². The van der Waals surface area contributed by atoms with Crippen LogP contribution in [0.2, 0.25) is 4.47 Å². The Balaban J connectivity index is 1.58. The standard InChI is InChI=1S/C19H21ClN2O5S/c1-12(13-3-5-14(6-4-13)26-10-18(24)25-2)7-22-8-16(27-17(23)9-22)15-11-28-19(20)21-15/h3-6,11-12,16H,7-10H2,1-2H3. The minimum atomic E-state index is -0.426. The smallest absolute Gasteiger partial charge is 0.343 e. The molecule has 2 atom stereocenters. The van der Waals surface area contributed by atoms with Crippen molar-refractivity contribution in [3.8, 4) is 5.75 Å². The summed E-state index contributed by atoms with van der Waals surface area (Å²) in [7, 11) is 1.32. The predicted molar refractivity (Wildman–Crippen MR) is 105 cm³/mol. The number of methoxy groups -OCH3 is 1. The van der Waals surface area contributed by atoms with Gasteiger partial charge in [-0.2, -0.15) is 0 Å². The zero-order chi connectivity index (χ0) is 20.1. The molecule has 2 unspecified atom stereocenters. The lowest BCUT2D eigenvalue weighted by Crippen LogP contribution is -2.43. The molecule has 0 N–H and O–H groups in total. The molecular weight excluding hydrogens is 404 g/mol. The third kappa shape index (κ3) is 5.43. The van der Waals surface area contributed by atoms with E-state index < -0.39 is 12.1 Å². The molecule has 2 aromatic rings. The maximum atomic E-state index is 12.0. The van der Waals surface area contributed by atoms with Gasteiger partial charge in [-0.25, -0.2) is 9.78 Å². The van der Waals surface area contributed by atoms with Crippen molar-refractivity contribution in [2.75, 3.05) is 33.4 Å². The molecule has 150 valence electrons. The number of halogens is 1. The van der Waals surface area contributed by atoms with E-state index in [0.29, 0.717) is 29.0 Å². The molecule has 0 radical (unpaired) electrons. The molecule has 0 aliphatic carbocycles. The van der Waals surface area contributed by atoms with Crippen LogP contribution in [0.3, 0.4) is 0 Å². The molecule has 7 nitrogen and oxygen atoms in total. The van der Waals surface area contributed by atoms with E-state index in [1.165, 1.54) is 18.4 Å². The van der Waals surface area contributed by atoms with Gasteiger partial charge in [0.25, 0.3) is 0 Å². The molecule has 1 aliphatic rings. The van der Waals surface area contributed by atoms with Gasteiger partial charge >= 0.3 is 11.9 Å². The summed E-state index contributed by atoms with van der Waals surface area (Å²) < 4.78 is 15.8. The number of cyclic esters (lactones) is 1. The van der Waals surface area contributed by atoms with E-state index in [2.05, 4.69) is 21.5 Å². The summed E-state index contributed by atoms with van der Waals surface area (Å²) in [5, 5.41) is 1.82. The summed E-state index contributed by atoms with van der Waals surface area (Å²) in [6.07, 6.45) is -0.397. The number of morpholine rings is 1. The molecule has 28 heavy (non-hydrogen) atoms. The molecule has 1 aromatic heterocycles. The van der Waals surface area contributed by atoms with E-state index in [1.54, 1.807) is 0 Å². The molecule has 0 spiro atoms. The SMILES string of the molecule is COC(=O)COc1ccc(C(C)CN2CC(=O)OC(c3csc(Cl)n3)C2)cc1. The second-order valence-corrected chi connectivity index (χ2v) is 7.97. The summed E-state index contributed by atoms with van der Waals surface area (Å²) in [6.45, 7) is 3.50. The van der Waals surface area contributed by atoms with Crippen LogP contribution in [0.25, 0.3) is 0 Å². The van der Waals surface area contributed by atoms with Crippen LogP contribution in [0.15, 0.2) is 29.6 Å². The highest BCUT2D eigenvalue weighted by Gasteiger charge is 2.30. The summed E-state index contributed by atoms with van der Waals surface area (Å²) in [6, 6.07) is 7.55. The van der Waals surface area contributed by atoms with Crippen LogP contribution in [0, 0.1) is 0 Å². The van der Waals surface area contributed by atoms with Crippen molar-refractivity contribution in [3.05, 3.63) is 45.4 Å². The van der Waals surface area contributed by atoms with E-state index in [1.807, 2.05) is 29.6 Å². The largest absolute Gasteiger partial charge is 0.482 e. The van der Waals surface area contributed by atoms with Crippen molar-refractivity contribution in [2.24, 2.45) is 0 Å². The molecular formula is C19H21ClN2O5S. The predicted octanol–water partition coefficient (Wildman–Crippen LogP) is 3.05. The van der Waals surface area contributed by atoms with Gasteiger partial charge in [-0.1, -0.05) is 30.7 Å². The first-order chi connectivity index (χ1) is 13.4. The molecule has 1 aliphatic heterocycles. The van der Waals surface area contributed by atoms with Gasteiger partial charge in [-0.3, -0.25) is 9.69 Å². The summed E-state index contributed by atoms with van der Waals surface area (Å²) in [4.78, 5) is 29.4. The molecule has 1 fully saturated rings. The fourth-order valence-corrected chi connectivity index (χ4v) is 3.82. The molecule has 1 aromatic carbocycles. The maximum Gasteiger partial charge on any atom is 0.343 e. The lowest BCUT2D eigenvalue weighted by Gasteiger charge is -2.33.